The topological polar surface area (TPSA) is 65.6 Å². The molecule has 0 saturated carbocycles. The van der Waals surface area contributed by atoms with Gasteiger partial charge in [0.1, 0.15) is 6.04 Å². The summed E-state index contributed by atoms with van der Waals surface area (Å²) < 4.78 is 10.7. The van der Waals surface area contributed by atoms with Gasteiger partial charge in [0.15, 0.2) is 4.80 Å². The summed E-state index contributed by atoms with van der Waals surface area (Å²) in [5.41, 5.74) is 4.39. The number of thiazole rings is 1. The highest BCUT2D eigenvalue weighted by molar-refractivity contribution is 9.10. The summed E-state index contributed by atoms with van der Waals surface area (Å²) in [5, 5.41) is 1.50. The molecular formula is C32H25BrClN3O3S. The second kappa shape index (κ2) is 11.3. The van der Waals surface area contributed by atoms with Crippen LogP contribution >= 0.6 is 38.9 Å². The average molecular weight is 647 g/mol. The van der Waals surface area contributed by atoms with Crippen molar-refractivity contribution in [3.63, 3.8) is 0 Å². The van der Waals surface area contributed by atoms with Crippen LogP contribution in [-0.4, -0.2) is 21.7 Å². The van der Waals surface area contributed by atoms with Crippen molar-refractivity contribution in [2.75, 3.05) is 6.61 Å². The van der Waals surface area contributed by atoms with E-state index in [9.17, 15) is 9.59 Å². The van der Waals surface area contributed by atoms with Crippen LogP contribution in [0, 0.1) is 0 Å². The fourth-order valence-corrected chi connectivity index (χ4v) is 6.77. The third-order valence-electron chi connectivity index (χ3n) is 7.09. The van der Waals surface area contributed by atoms with Crippen LogP contribution in [0.5, 0.6) is 0 Å². The van der Waals surface area contributed by atoms with Crippen LogP contribution in [0.4, 0.5) is 0 Å². The predicted molar refractivity (Wildman–Crippen MR) is 167 cm³/mol. The van der Waals surface area contributed by atoms with Crippen molar-refractivity contribution in [3.8, 4) is 0 Å². The van der Waals surface area contributed by atoms with Gasteiger partial charge in [-0.3, -0.25) is 9.36 Å². The molecule has 0 amide bonds. The maximum Gasteiger partial charge on any atom is 0.338 e. The molecule has 0 radical (unpaired) electrons. The third kappa shape index (κ3) is 5.12. The Morgan fingerprint density at radius 2 is 1.83 bits per heavy atom. The molecule has 1 aliphatic rings. The first kappa shape index (κ1) is 27.4. The van der Waals surface area contributed by atoms with Crippen LogP contribution in [0.1, 0.15) is 36.6 Å². The van der Waals surface area contributed by atoms with Crippen molar-refractivity contribution in [3.05, 3.63) is 136 Å². The van der Waals surface area contributed by atoms with Gasteiger partial charge in [0.2, 0.25) is 0 Å². The predicted octanol–water partition coefficient (Wildman–Crippen LogP) is 6.22. The van der Waals surface area contributed by atoms with E-state index in [1.54, 1.807) is 24.5 Å². The lowest BCUT2D eigenvalue weighted by Crippen LogP contribution is -2.40. The van der Waals surface area contributed by atoms with Gasteiger partial charge in [0, 0.05) is 38.7 Å². The number of ether oxygens (including phenoxy) is 1. The number of aromatic nitrogens is 2. The molecule has 41 heavy (non-hydrogen) atoms. The van der Waals surface area contributed by atoms with Crippen LogP contribution in [0.2, 0.25) is 5.02 Å². The van der Waals surface area contributed by atoms with E-state index in [4.69, 9.17) is 16.3 Å². The molecule has 2 aromatic heterocycles. The molecule has 6 nitrogen and oxygen atoms in total. The molecule has 1 aliphatic heterocycles. The first-order valence-corrected chi connectivity index (χ1v) is 15.1. The van der Waals surface area contributed by atoms with Gasteiger partial charge in [-0.25, -0.2) is 9.79 Å². The van der Waals surface area contributed by atoms with E-state index in [1.165, 1.54) is 16.9 Å². The Morgan fingerprint density at radius 3 is 2.59 bits per heavy atom. The number of benzene rings is 3. The van der Waals surface area contributed by atoms with Gasteiger partial charge in [0.25, 0.3) is 5.56 Å². The van der Waals surface area contributed by atoms with E-state index in [0.29, 0.717) is 37.7 Å². The van der Waals surface area contributed by atoms with Crippen molar-refractivity contribution >= 4 is 61.8 Å². The first-order valence-electron chi connectivity index (χ1n) is 13.1. The Balaban J connectivity index is 1.52. The van der Waals surface area contributed by atoms with Crippen LogP contribution in [0.15, 0.2) is 105 Å². The van der Waals surface area contributed by atoms with Crippen LogP contribution in [0.3, 0.4) is 0 Å². The molecule has 3 heterocycles. The SMILES string of the molecule is CCOC(=O)C1=C(C)N=c2s/c(=C\c3cn(Cc4ccc(Br)cc4)c4ccccc34)c(=O)n2[C@@H]1c1ccccc1Cl. The van der Waals surface area contributed by atoms with Crippen molar-refractivity contribution in [1.82, 2.24) is 9.13 Å². The highest BCUT2D eigenvalue weighted by Crippen LogP contribution is 2.34. The Morgan fingerprint density at radius 1 is 1.10 bits per heavy atom. The van der Waals surface area contributed by atoms with Gasteiger partial charge in [-0.2, -0.15) is 0 Å². The summed E-state index contributed by atoms with van der Waals surface area (Å²) in [5.74, 6) is -0.510. The standard InChI is InChI=1S/C32H25BrClN3O3S/c1-3-40-31(39)28-19(2)35-32-37(29(28)24-9-4-6-10-25(24)34)30(38)27(41-32)16-21-18-36(26-11-7-5-8-23(21)26)17-20-12-14-22(33)15-13-20/h4-16,18,29H,3,17H2,1-2H3/b27-16-/t29-/m1/s1. The Bertz CT molecular complexity index is 2020. The summed E-state index contributed by atoms with van der Waals surface area (Å²) in [6.07, 6.45) is 3.99. The van der Waals surface area contributed by atoms with Crippen molar-refractivity contribution < 1.29 is 9.53 Å². The lowest BCUT2D eigenvalue weighted by atomic mass is 9.96. The van der Waals surface area contributed by atoms with Gasteiger partial charge in [-0.1, -0.05) is 87.4 Å². The molecule has 3 aromatic carbocycles. The lowest BCUT2D eigenvalue weighted by molar-refractivity contribution is -0.139. The fraction of sp³-hybridized carbons (Fsp3) is 0.156. The number of halogens is 2. The average Bonchev–Trinajstić information content (AvgIpc) is 3.46. The molecule has 0 spiro atoms. The normalized spacial score (nSPS) is 15.2. The Hall–Kier alpha value is -3.72. The Labute approximate surface area is 253 Å². The smallest absolute Gasteiger partial charge is 0.338 e. The number of hydrogen-bond donors (Lipinski definition) is 0. The maximum atomic E-state index is 14.1. The number of nitrogens with zero attached hydrogens (tertiary/aromatic N) is 3. The van der Waals surface area contributed by atoms with Crippen molar-refractivity contribution in [2.45, 2.75) is 26.4 Å². The van der Waals surface area contributed by atoms with Gasteiger partial charge in [-0.05, 0) is 55.3 Å². The molecule has 0 fully saturated rings. The molecule has 0 saturated heterocycles. The molecular weight excluding hydrogens is 622 g/mol. The maximum absolute atomic E-state index is 14.1. The number of hydrogen-bond acceptors (Lipinski definition) is 5. The number of esters is 1. The minimum atomic E-state index is -0.750. The molecule has 9 heteroatoms. The second-order valence-corrected chi connectivity index (χ2v) is 12.0. The van der Waals surface area contributed by atoms with Gasteiger partial charge in [0.05, 0.1) is 22.4 Å². The number of rotatable bonds is 6. The highest BCUT2D eigenvalue weighted by Gasteiger charge is 2.34. The van der Waals surface area contributed by atoms with E-state index >= 15 is 0 Å². The molecule has 1 atom stereocenters. The van der Waals surface area contributed by atoms with E-state index in [2.05, 4.69) is 56.0 Å². The Kier molecular flexibility index (Phi) is 7.55. The van der Waals surface area contributed by atoms with Gasteiger partial charge >= 0.3 is 5.97 Å². The van der Waals surface area contributed by atoms with Crippen LogP contribution < -0.4 is 14.9 Å². The van der Waals surface area contributed by atoms with Crippen molar-refractivity contribution in [1.29, 1.82) is 0 Å². The van der Waals surface area contributed by atoms with Crippen LogP contribution in [-0.2, 0) is 16.1 Å². The second-order valence-electron chi connectivity index (χ2n) is 9.68. The molecule has 0 unspecified atom stereocenters. The van der Waals surface area contributed by atoms with Crippen molar-refractivity contribution in [2.24, 2.45) is 4.99 Å². The molecule has 5 aromatic rings. The van der Waals surface area contributed by atoms with E-state index in [-0.39, 0.29) is 12.2 Å². The monoisotopic (exact) mass is 645 g/mol. The number of fused-ring (bicyclic) bond motifs is 2. The molecule has 206 valence electrons. The number of carbonyl (C=O) groups excluding carboxylic acids is 1. The summed E-state index contributed by atoms with van der Waals surface area (Å²) in [6, 6.07) is 22.9. The lowest BCUT2D eigenvalue weighted by Gasteiger charge is -2.25. The van der Waals surface area contributed by atoms with Crippen LogP contribution in [0.25, 0.3) is 17.0 Å². The molecule has 0 aliphatic carbocycles. The summed E-state index contributed by atoms with van der Waals surface area (Å²) >= 11 is 11.4. The largest absolute Gasteiger partial charge is 0.463 e. The zero-order valence-electron chi connectivity index (χ0n) is 22.3. The zero-order valence-corrected chi connectivity index (χ0v) is 25.5. The molecule has 0 bridgehead atoms. The number of allylic oxidation sites excluding steroid dienone is 1. The summed E-state index contributed by atoms with van der Waals surface area (Å²) in [7, 11) is 0. The number of para-hydroxylation sites is 1. The van der Waals surface area contributed by atoms with E-state index < -0.39 is 12.0 Å². The van der Waals surface area contributed by atoms with Gasteiger partial charge in [-0.15, -0.1) is 0 Å². The molecule has 0 N–H and O–H groups in total. The first-order chi connectivity index (χ1) is 19.9. The van der Waals surface area contributed by atoms with Gasteiger partial charge < -0.3 is 9.30 Å². The quantitative estimate of drug-likeness (QED) is 0.206. The van der Waals surface area contributed by atoms with E-state index in [1.807, 2.05) is 48.5 Å². The van der Waals surface area contributed by atoms with E-state index in [0.717, 1.165) is 20.9 Å². The molecule has 6 rings (SSSR count). The zero-order chi connectivity index (χ0) is 28.7. The number of carbonyl (C=O) groups is 1. The third-order valence-corrected chi connectivity index (χ3v) is 8.94. The minimum absolute atomic E-state index is 0.208. The minimum Gasteiger partial charge on any atom is -0.463 e. The summed E-state index contributed by atoms with van der Waals surface area (Å²) in [6.45, 7) is 4.42. The fourth-order valence-electron chi connectivity index (χ4n) is 5.23. The summed E-state index contributed by atoms with van der Waals surface area (Å²) in [4.78, 5) is 32.4. The highest BCUT2D eigenvalue weighted by atomic mass is 79.9.